The summed E-state index contributed by atoms with van der Waals surface area (Å²) in [5.41, 5.74) is -0.170. The Morgan fingerprint density at radius 1 is 1.44 bits per heavy atom. The van der Waals surface area contributed by atoms with Crippen molar-refractivity contribution in [1.29, 1.82) is 0 Å². The van der Waals surface area contributed by atoms with Gasteiger partial charge >= 0.3 is 0 Å². The fourth-order valence-electron chi connectivity index (χ4n) is 2.59. The van der Waals surface area contributed by atoms with Gasteiger partial charge in [0.05, 0.1) is 6.10 Å². The maximum Gasteiger partial charge on any atom is 0.127 e. The van der Waals surface area contributed by atoms with Crippen molar-refractivity contribution in [2.45, 2.75) is 52.2 Å². The average Bonchev–Trinajstić information content (AvgIpc) is 2.72. The molecule has 0 spiro atoms. The summed E-state index contributed by atoms with van der Waals surface area (Å²) < 4.78 is 5.57. The summed E-state index contributed by atoms with van der Waals surface area (Å²) in [4.78, 5) is 13.6. The highest BCUT2D eigenvalue weighted by molar-refractivity contribution is 5.59. The van der Waals surface area contributed by atoms with Crippen LogP contribution in [0, 0.1) is 5.41 Å². The molecule has 0 saturated carbocycles. The largest absolute Gasteiger partial charge is 0.377 e. The summed E-state index contributed by atoms with van der Waals surface area (Å²) in [5.74, 6) is 0. The van der Waals surface area contributed by atoms with E-state index in [1.807, 2.05) is 0 Å². The van der Waals surface area contributed by atoms with E-state index in [0.717, 1.165) is 38.7 Å². The third-order valence-corrected chi connectivity index (χ3v) is 4.12. The SMILES string of the molecule is CCC(C=O)(CC)CN(C)C1CCOC1C. The molecule has 16 heavy (non-hydrogen) atoms. The first-order valence-electron chi connectivity index (χ1n) is 6.36. The van der Waals surface area contributed by atoms with Crippen LogP contribution in [0.15, 0.2) is 0 Å². The van der Waals surface area contributed by atoms with Crippen LogP contribution in [0.1, 0.15) is 40.0 Å². The molecule has 3 nitrogen and oxygen atoms in total. The number of hydrogen-bond donors (Lipinski definition) is 0. The van der Waals surface area contributed by atoms with Crippen LogP contribution in [-0.2, 0) is 9.53 Å². The minimum atomic E-state index is -0.170. The molecule has 0 aromatic heterocycles. The number of hydrogen-bond acceptors (Lipinski definition) is 3. The van der Waals surface area contributed by atoms with Gasteiger partial charge in [-0.25, -0.2) is 0 Å². The normalized spacial score (nSPS) is 26.3. The lowest BCUT2D eigenvalue weighted by molar-refractivity contribution is -0.118. The van der Waals surface area contributed by atoms with Crippen LogP contribution in [0.2, 0.25) is 0 Å². The van der Waals surface area contributed by atoms with E-state index < -0.39 is 0 Å². The third kappa shape index (κ3) is 2.83. The zero-order chi connectivity index (χ0) is 12.2. The highest BCUT2D eigenvalue weighted by atomic mass is 16.5. The van der Waals surface area contributed by atoms with E-state index in [0.29, 0.717) is 12.1 Å². The zero-order valence-electron chi connectivity index (χ0n) is 11.0. The molecule has 2 atom stereocenters. The molecule has 1 rings (SSSR count). The molecule has 1 heterocycles. The third-order valence-electron chi connectivity index (χ3n) is 4.12. The van der Waals surface area contributed by atoms with E-state index in [2.05, 4.69) is 32.7 Å². The Balaban J connectivity index is 2.60. The molecular weight excluding hydrogens is 202 g/mol. The molecule has 0 aromatic rings. The summed E-state index contributed by atoms with van der Waals surface area (Å²) in [6.45, 7) is 8.01. The Morgan fingerprint density at radius 2 is 2.06 bits per heavy atom. The molecule has 0 amide bonds. The first-order valence-corrected chi connectivity index (χ1v) is 6.36. The molecule has 0 bridgehead atoms. The second-order valence-electron chi connectivity index (χ2n) is 5.03. The van der Waals surface area contributed by atoms with Gasteiger partial charge in [-0.2, -0.15) is 0 Å². The molecular formula is C13H25NO2. The molecule has 94 valence electrons. The van der Waals surface area contributed by atoms with Crippen LogP contribution < -0.4 is 0 Å². The van der Waals surface area contributed by atoms with E-state index in [-0.39, 0.29) is 5.41 Å². The number of carbonyl (C=O) groups is 1. The van der Waals surface area contributed by atoms with Crippen LogP contribution >= 0.6 is 0 Å². The molecule has 1 saturated heterocycles. The summed E-state index contributed by atoms with van der Waals surface area (Å²) >= 11 is 0. The van der Waals surface area contributed by atoms with Crippen molar-refractivity contribution in [1.82, 2.24) is 4.90 Å². The lowest BCUT2D eigenvalue weighted by Crippen LogP contribution is -2.44. The van der Waals surface area contributed by atoms with Crippen molar-refractivity contribution < 1.29 is 9.53 Å². The number of aldehydes is 1. The van der Waals surface area contributed by atoms with E-state index in [1.54, 1.807) is 0 Å². The van der Waals surface area contributed by atoms with Gasteiger partial charge in [-0.15, -0.1) is 0 Å². The van der Waals surface area contributed by atoms with Crippen molar-refractivity contribution in [3.63, 3.8) is 0 Å². The van der Waals surface area contributed by atoms with Crippen LogP contribution in [-0.4, -0.2) is 43.5 Å². The van der Waals surface area contributed by atoms with Crippen molar-refractivity contribution in [3.05, 3.63) is 0 Å². The van der Waals surface area contributed by atoms with Crippen LogP contribution in [0.3, 0.4) is 0 Å². The molecule has 1 fully saturated rings. The standard InChI is InChI=1S/C13H25NO2/c1-5-13(6-2,10-15)9-14(4)12-7-8-16-11(12)3/h10-12H,5-9H2,1-4H3. The van der Waals surface area contributed by atoms with Gasteiger partial charge in [0.2, 0.25) is 0 Å². The molecule has 2 unspecified atom stereocenters. The summed E-state index contributed by atoms with van der Waals surface area (Å²) in [6, 6.07) is 0.470. The molecule has 1 aliphatic rings. The van der Waals surface area contributed by atoms with E-state index in [4.69, 9.17) is 4.74 Å². The van der Waals surface area contributed by atoms with Gasteiger partial charge in [0, 0.05) is 24.6 Å². The molecule has 1 aliphatic heterocycles. The van der Waals surface area contributed by atoms with Crippen LogP contribution in [0.5, 0.6) is 0 Å². The minimum absolute atomic E-state index is 0.170. The van der Waals surface area contributed by atoms with Gasteiger partial charge in [0.1, 0.15) is 6.29 Å². The summed E-state index contributed by atoms with van der Waals surface area (Å²) in [5, 5.41) is 0. The predicted octanol–water partition coefficient (Wildman–Crippen LogP) is 2.10. The highest BCUT2D eigenvalue weighted by Gasteiger charge is 2.33. The van der Waals surface area contributed by atoms with Crippen LogP contribution in [0.4, 0.5) is 0 Å². The predicted molar refractivity (Wildman–Crippen MR) is 65.5 cm³/mol. The lowest BCUT2D eigenvalue weighted by Gasteiger charge is -2.35. The van der Waals surface area contributed by atoms with Gasteiger partial charge in [-0.1, -0.05) is 13.8 Å². The Kier molecular flexibility index (Phi) is 4.93. The monoisotopic (exact) mass is 227 g/mol. The highest BCUT2D eigenvalue weighted by Crippen LogP contribution is 2.27. The quantitative estimate of drug-likeness (QED) is 0.651. The molecule has 0 radical (unpaired) electrons. The van der Waals surface area contributed by atoms with Gasteiger partial charge in [0.25, 0.3) is 0 Å². The van der Waals surface area contributed by atoms with E-state index in [9.17, 15) is 4.79 Å². The number of rotatable bonds is 6. The van der Waals surface area contributed by atoms with E-state index >= 15 is 0 Å². The van der Waals surface area contributed by atoms with Crippen molar-refractivity contribution in [2.24, 2.45) is 5.41 Å². The van der Waals surface area contributed by atoms with Crippen molar-refractivity contribution in [3.8, 4) is 0 Å². The molecule has 0 aromatic carbocycles. The number of likely N-dealkylation sites (N-methyl/N-ethyl adjacent to an activating group) is 1. The topological polar surface area (TPSA) is 29.5 Å². The number of carbonyl (C=O) groups excluding carboxylic acids is 1. The Labute approximate surface area is 99.1 Å². The van der Waals surface area contributed by atoms with Gasteiger partial charge in [0.15, 0.2) is 0 Å². The molecule has 0 aliphatic carbocycles. The van der Waals surface area contributed by atoms with E-state index in [1.165, 1.54) is 0 Å². The Morgan fingerprint density at radius 3 is 2.44 bits per heavy atom. The van der Waals surface area contributed by atoms with Crippen LogP contribution in [0.25, 0.3) is 0 Å². The Bertz CT molecular complexity index is 226. The summed E-state index contributed by atoms with van der Waals surface area (Å²) in [6.07, 6.45) is 4.35. The zero-order valence-corrected chi connectivity index (χ0v) is 11.0. The maximum atomic E-state index is 11.3. The average molecular weight is 227 g/mol. The van der Waals surface area contributed by atoms with Gasteiger partial charge in [-0.3, -0.25) is 4.90 Å². The smallest absolute Gasteiger partial charge is 0.127 e. The minimum Gasteiger partial charge on any atom is -0.377 e. The number of ether oxygens (including phenoxy) is 1. The number of nitrogens with zero attached hydrogens (tertiary/aromatic N) is 1. The Hall–Kier alpha value is -0.410. The van der Waals surface area contributed by atoms with Crippen molar-refractivity contribution in [2.75, 3.05) is 20.2 Å². The second-order valence-corrected chi connectivity index (χ2v) is 5.03. The summed E-state index contributed by atoms with van der Waals surface area (Å²) in [7, 11) is 2.11. The second kappa shape index (κ2) is 5.78. The van der Waals surface area contributed by atoms with Gasteiger partial charge in [-0.05, 0) is 33.2 Å². The maximum absolute atomic E-state index is 11.3. The molecule has 0 N–H and O–H groups in total. The van der Waals surface area contributed by atoms with Gasteiger partial charge < -0.3 is 9.53 Å². The fraction of sp³-hybridized carbons (Fsp3) is 0.923. The lowest BCUT2D eigenvalue weighted by atomic mass is 9.83. The van der Waals surface area contributed by atoms with Crippen molar-refractivity contribution >= 4 is 6.29 Å². The first-order chi connectivity index (χ1) is 7.58. The first kappa shape index (κ1) is 13.7. The fourth-order valence-corrected chi connectivity index (χ4v) is 2.59. The molecule has 3 heteroatoms.